The van der Waals surface area contributed by atoms with Gasteiger partial charge in [-0.25, -0.2) is 0 Å². The summed E-state index contributed by atoms with van der Waals surface area (Å²) in [5, 5.41) is 121. The monoisotopic (exact) mass is 1020 g/mol. The SMILES string of the molecule is CC1CCC2(OC1)OC1CC3C4CC=C5CC(O[C@@H]6O[C@H](CO)[C@@H](O[C@@H]7O[C@@H](C)[C@H](O)[C@@H](O)[C@H]7O[C@@H]7OC[C@@H](O)[C@H](O)[C@H]7O)[C@H](O)[C@H]6O[C@@H]6O[C@@H](C)[C@H](O)[C@@H](O)[C@H]6O)CCC5(C)C4CCC3(C)C1(O)C2C. The molecule has 6 saturated heterocycles. The summed E-state index contributed by atoms with van der Waals surface area (Å²) in [5.41, 5.74) is -0.251. The largest absolute Gasteiger partial charge is 0.394 e. The highest BCUT2D eigenvalue weighted by atomic mass is 16.8. The quantitative estimate of drug-likeness (QED) is 0.121. The zero-order valence-electron chi connectivity index (χ0n) is 41.6. The highest BCUT2D eigenvalue weighted by Crippen LogP contribution is 2.72. The van der Waals surface area contributed by atoms with E-state index >= 15 is 0 Å². The van der Waals surface area contributed by atoms with Crippen LogP contribution in [0.4, 0.5) is 0 Å². The second kappa shape index (κ2) is 19.7. The van der Waals surface area contributed by atoms with E-state index in [2.05, 4.69) is 33.8 Å². The molecule has 0 radical (unpaired) electrons. The first-order valence-corrected chi connectivity index (χ1v) is 26.2. The van der Waals surface area contributed by atoms with E-state index in [-0.39, 0.29) is 28.8 Å². The smallest absolute Gasteiger partial charge is 0.187 e. The van der Waals surface area contributed by atoms with Gasteiger partial charge in [-0.3, -0.25) is 0 Å². The van der Waals surface area contributed by atoms with Crippen molar-refractivity contribution in [2.45, 2.75) is 240 Å². The van der Waals surface area contributed by atoms with E-state index in [0.29, 0.717) is 37.2 Å². The molecule has 0 amide bonds. The van der Waals surface area contributed by atoms with Crippen LogP contribution in [0.25, 0.3) is 0 Å². The van der Waals surface area contributed by atoms with Crippen molar-refractivity contribution in [1.29, 1.82) is 0 Å². The van der Waals surface area contributed by atoms with E-state index in [9.17, 15) is 56.2 Å². The number of ether oxygens (including phenoxy) is 10. The Morgan fingerprint density at radius 2 is 1.28 bits per heavy atom. The molecule has 21 heteroatoms. The number of aliphatic hydroxyl groups excluding tert-OH is 10. The van der Waals surface area contributed by atoms with Gasteiger partial charge in [-0.05, 0) is 94.3 Å². The third-order valence-electron chi connectivity index (χ3n) is 19.6. The molecule has 0 aromatic heterocycles. The van der Waals surface area contributed by atoms with Crippen LogP contribution in [0.2, 0.25) is 0 Å². The van der Waals surface area contributed by atoms with Crippen LogP contribution in [0.3, 0.4) is 0 Å². The lowest BCUT2D eigenvalue weighted by molar-refractivity contribution is -0.397. The number of aliphatic hydroxyl groups is 11. The van der Waals surface area contributed by atoms with Crippen molar-refractivity contribution >= 4 is 0 Å². The van der Waals surface area contributed by atoms with Gasteiger partial charge in [-0.15, -0.1) is 0 Å². The zero-order chi connectivity index (χ0) is 50.9. The summed E-state index contributed by atoms with van der Waals surface area (Å²) in [5.74, 6) is 0.508. The molecule has 3 saturated carbocycles. The molecule has 11 unspecified atom stereocenters. The average molecular weight is 1020 g/mol. The van der Waals surface area contributed by atoms with Gasteiger partial charge in [0.25, 0.3) is 0 Å². The fourth-order valence-electron chi connectivity index (χ4n) is 15.1. The summed E-state index contributed by atoms with van der Waals surface area (Å²) in [4.78, 5) is 0. The van der Waals surface area contributed by atoms with Crippen molar-refractivity contribution in [1.82, 2.24) is 0 Å². The number of fused-ring (bicyclic) bond motifs is 7. The molecule has 10 aliphatic rings. The lowest BCUT2D eigenvalue weighted by Crippen LogP contribution is -2.67. The second-order valence-electron chi connectivity index (χ2n) is 23.5. The second-order valence-corrected chi connectivity index (χ2v) is 23.5. The number of rotatable bonds is 9. The van der Waals surface area contributed by atoms with Gasteiger partial charge in [0.1, 0.15) is 85.0 Å². The Labute approximate surface area is 414 Å². The van der Waals surface area contributed by atoms with Crippen molar-refractivity contribution in [3.63, 3.8) is 0 Å². The summed E-state index contributed by atoms with van der Waals surface area (Å²) < 4.78 is 62.0. The normalized spacial score (nSPS) is 58.4. The molecular weight excluding hydrogens is 937 g/mol. The first-order valence-electron chi connectivity index (χ1n) is 26.2. The Morgan fingerprint density at radius 1 is 0.634 bits per heavy atom. The molecule has 10 rings (SSSR count). The Hall–Kier alpha value is -1.10. The topological polar surface area (TPSA) is 315 Å². The molecular formula is C50H80O21. The van der Waals surface area contributed by atoms with Crippen LogP contribution in [0.15, 0.2) is 11.6 Å². The highest BCUT2D eigenvalue weighted by Gasteiger charge is 2.76. The maximum absolute atomic E-state index is 12.9. The maximum atomic E-state index is 12.9. The minimum absolute atomic E-state index is 0.159. The fourth-order valence-corrected chi connectivity index (χ4v) is 15.1. The highest BCUT2D eigenvalue weighted by molar-refractivity contribution is 5.29. The summed E-state index contributed by atoms with van der Waals surface area (Å²) in [6.45, 7) is 11.3. The number of hydrogen-bond acceptors (Lipinski definition) is 21. The van der Waals surface area contributed by atoms with Crippen LogP contribution in [0, 0.1) is 40.4 Å². The Bertz CT molecular complexity index is 1910. The Kier molecular flexibility index (Phi) is 14.8. The first kappa shape index (κ1) is 53.3. The fraction of sp³-hybridized carbons (Fsp3) is 0.960. The average Bonchev–Trinajstić information content (AvgIpc) is 3.70. The van der Waals surface area contributed by atoms with Gasteiger partial charge >= 0.3 is 0 Å². The van der Waals surface area contributed by atoms with E-state index in [1.165, 1.54) is 19.4 Å². The van der Waals surface area contributed by atoms with Crippen molar-refractivity contribution < 1.29 is 104 Å². The summed E-state index contributed by atoms with van der Waals surface area (Å²) in [6.07, 6.45) is -20.7. The van der Waals surface area contributed by atoms with Crippen LogP contribution < -0.4 is 0 Å². The van der Waals surface area contributed by atoms with Crippen LogP contribution in [0.5, 0.6) is 0 Å². The molecule has 0 aromatic carbocycles. The molecule has 21 nitrogen and oxygen atoms in total. The van der Waals surface area contributed by atoms with Gasteiger partial charge in [0.05, 0.1) is 44.2 Å². The van der Waals surface area contributed by atoms with Crippen molar-refractivity contribution in [2.24, 2.45) is 40.4 Å². The number of hydrogen-bond donors (Lipinski definition) is 11. The molecule has 406 valence electrons. The van der Waals surface area contributed by atoms with E-state index < -0.39 is 147 Å². The minimum Gasteiger partial charge on any atom is -0.394 e. The predicted octanol–water partition coefficient (Wildman–Crippen LogP) is -1.18. The molecule has 30 atom stereocenters. The maximum Gasteiger partial charge on any atom is 0.187 e. The van der Waals surface area contributed by atoms with Gasteiger partial charge in [-0.2, -0.15) is 0 Å². The van der Waals surface area contributed by atoms with Crippen LogP contribution in [-0.4, -0.2) is 216 Å². The van der Waals surface area contributed by atoms with Crippen LogP contribution in [-0.2, 0) is 47.4 Å². The van der Waals surface area contributed by atoms with E-state index in [1.54, 1.807) is 0 Å². The van der Waals surface area contributed by atoms with Crippen LogP contribution in [0.1, 0.15) is 99.3 Å². The zero-order valence-corrected chi connectivity index (χ0v) is 41.6. The molecule has 6 heterocycles. The van der Waals surface area contributed by atoms with Crippen molar-refractivity contribution in [3.05, 3.63) is 11.6 Å². The van der Waals surface area contributed by atoms with Crippen LogP contribution >= 0.6 is 0 Å². The molecule has 4 aliphatic carbocycles. The molecule has 0 aromatic rings. The van der Waals surface area contributed by atoms with E-state index in [0.717, 1.165) is 44.9 Å². The Morgan fingerprint density at radius 3 is 1.99 bits per heavy atom. The van der Waals surface area contributed by atoms with Gasteiger partial charge in [0.2, 0.25) is 0 Å². The molecule has 9 fully saturated rings. The standard InChI is InChI=1S/C50H80O21/c1-20-9-14-49(63-18-20)23(4)50(61)31(71-49)16-28-26-8-7-24-15-25(10-12-47(24,5)27(26)11-13-48(28,50)6)66-46-42(70-44-38(59)35(56)32(53)21(2)64-44)39(60)40(30(17-51)67-46)68-45-41(36(57)33(54)22(3)65-45)69-43-37(58)34(55)29(52)19-62-43/h7,20-23,25-46,51-61H,8-19H2,1-6H3/t20?,21-,22-,23?,25?,26?,27?,28?,29+,30+,31?,32-,33-,34-,35+,36+,37+,38+,39-,40+,41+,42+,43-,44-,45-,46+,47?,48?,49?,50?/m0/s1. The van der Waals surface area contributed by atoms with E-state index in [1.807, 2.05) is 0 Å². The summed E-state index contributed by atoms with van der Waals surface area (Å²) in [6, 6.07) is 0. The van der Waals surface area contributed by atoms with Crippen molar-refractivity contribution in [2.75, 3.05) is 19.8 Å². The number of allylic oxidation sites excluding steroid dienone is 1. The lowest BCUT2D eigenvalue weighted by Gasteiger charge is -2.60. The van der Waals surface area contributed by atoms with Gasteiger partial charge in [0, 0.05) is 17.8 Å². The Balaban J connectivity index is 0.871. The van der Waals surface area contributed by atoms with Crippen molar-refractivity contribution in [3.8, 4) is 0 Å². The lowest BCUT2D eigenvalue weighted by atomic mass is 9.46. The van der Waals surface area contributed by atoms with Gasteiger partial charge < -0.3 is 104 Å². The van der Waals surface area contributed by atoms with Gasteiger partial charge in [-0.1, -0.05) is 39.3 Å². The molecule has 11 N–H and O–H groups in total. The first-order chi connectivity index (χ1) is 33.6. The third kappa shape index (κ3) is 8.64. The summed E-state index contributed by atoms with van der Waals surface area (Å²) >= 11 is 0. The predicted molar refractivity (Wildman–Crippen MR) is 241 cm³/mol. The molecule has 1 spiro atoms. The molecule has 71 heavy (non-hydrogen) atoms. The van der Waals surface area contributed by atoms with E-state index in [4.69, 9.17) is 47.4 Å². The van der Waals surface area contributed by atoms with Gasteiger partial charge in [0.15, 0.2) is 30.9 Å². The third-order valence-corrected chi connectivity index (χ3v) is 19.6. The summed E-state index contributed by atoms with van der Waals surface area (Å²) in [7, 11) is 0. The molecule has 6 aliphatic heterocycles. The minimum atomic E-state index is -1.79. The molecule has 0 bridgehead atoms.